The predicted octanol–water partition coefficient (Wildman–Crippen LogP) is 3.06. The summed E-state index contributed by atoms with van der Waals surface area (Å²) in [5.41, 5.74) is 2.97. The van der Waals surface area contributed by atoms with Gasteiger partial charge in [0.05, 0.1) is 6.54 Å². The maximum Gasteiger partial charge on any atom is 0.239 e. The summed E-state index contributed by atoms with van der Waals surface area (Å²) in [7, 11) is 0. The van der Waals surface area contributed by atoms with E-state index in [1.165, 1.54) is 0 Å². The maximum atomic E-state index is 12.9. The van der Waals surface area contributed by atoms with Crippen LogP contribution >= 0.6 is 0 Å². The van der Waals surface area contributed by atoms with E-state index in [-0.39, 0.29) is 19.2 Å². The molecule has 5 rings (SSSR count). The predicted molar refractivity (Wildman–Crippen MR) is 131 cm³/mol. The standard InChI is InChI=1S/C26H26N6O3/c1-19-13-24(30-26(29-19)31-12-11-27-17-31)32(15-21-5-3-2-4-6-21)16-25(33)28-10-9-20-7-8-22-23(14-20)35-18-34-22/h2-8,11-14,17H,9-10,15-16,18H2,1H3,(H,28,33). The number of imidazole rings is 1. The van der Waals surface area contributed by atoms with E-state index in [2.05, 4.69) is 15.3 Å². The number of nitrogens with zero attached hydrogens (tertiary/aromatic N) is 5. The maximum absolute atomic E-state index is 12.9. The molecule has 0 saturated carbocycles. The summed E-state index contributed by atoms with van der Waals surface area (Å²) >= 11 is 0. The summed E-state index contributed by atoms with van der Waals surface area (Å²) in [5.74, 6) is 2.61. The van der Waals surface area contributed by atoms with Crippen molar-refractivity contribution in [3.05, 3.63) is 90.1 Å². The molecule has 2 aromatic heterocycles. The zero-order valence-corrected chi connectivity index (χ0v) is 19.4. The minimum atomic E-state index is -0.0814. The number of aryl methyl sites for hydroxylation is 1. The van der Waals surface area contributed by atoms with Gasteiger partial charge in [-0.2, -0.15) is 4.98 Å². The molecular weight excluding hydrogens is 444 g/mol. The van der Waals surface area contributed by atoms with Crippen LogP contribution in [0.1, 0.15) is 16.8 Å². The van der Waals surface area contributed by atoms with E-state index in [0.717, 1.165) is 28.3 Å². The van der Waals surface area contributed by atoms with Crippen molar-refractivity contribution in [3.63, 3.8) is 0 Å². The summed E-state index contributed by atoms with van der Waals surface area (Å²) < 4.78 is 12.5. The summed E-state index contributed by atoms with van der Waals surface area (Å²) in [5, 5.41) is 3.03. The van der Waals surface area contributed by atoms with Crippen molar-refractivity contribution < 1.29 is 14.3 Å². The molecule has 35 heavy (non-hydrogen) atoms. The Morgan fingerprint density at radius 2 is 1.91 bits per heavy atom. The van der Waals surface area contributed by atoms with Crippen LogP contribution in [0.2, 0.25) is 0 Å². The Morgan fingerprint density at radius 1 is 1.06 bits per heavy atom. The number of carbonyl (C=O) groups excluding carboxylic acids is 1. The normalized spacial score (nSPS) is 11.9. The first-order chi connectivity index (χ1) is 17.1. The van der Waals surface area contributed by atoms with Crippen molar-refractivity contribution in [2.45, 2.75) is 19.9 Å². The molecular formula is C26H26N6O3. The number of benzene rings is 2. The largest absolute Gasteiger partial charge is 0.454 e. The number of hydrogen-bond donors (Lipinski definition) is 1. The molecule has 0 spiro atoms. The number of fused-ring (bicyclic) bond motifs is 1. The van der Waals surface area contributed by atoms with Gasteiger partial charge in [0.25, 0.3) is 0 Å². The third kappa shape index (κ3) is 5.57. The van der Waals surface area contributed by atoms with Crippen LogP contribution in [0.15, 0.2) is 73.3 Å². The van der Waals surface area contributed by atoms with Gasteiger partial charge in [0, 0.05) is 37.2 Å². The average Bonchev–Trinajstić information content (AvgIpc) is 3.56. The van der Waals surface area contributed by atoms with E-state index in [0.29, 0.717) is 31.3 Å². The van der Waals surface area contributed by atoms with Crippen LogP contribution < -0.4 is 19.7 Å². The number of anilines is 1. The van der Waals surface area contributed by atoms with E-state index >= 15 is 0 Å². The second kappa shape index (κ2) is 10.3. The van der Waals surface area contributed by atoms with Crippen molar-refractivity contribution in [2.75, 3.05) is 24.8 Å². The lowest BCUT2D eigenvalue weighted by Gasteiger charge is -2.24. The highest BCUT2D eigenvalue weighted by Crippen LogP contribution is 2.32. The van der Waals surface area contributed by atoms with Crippen LogP contribution in [0, 0.1) is 6.92 Å². The van der Waals surface area contributed by atoms with Gasteiger partial charge in [0.2, 0.25) is 18.6 Å². The molecule has 9 heteroatoms. The van der Waals surface area contributed by atoms with Gasteiger partial charge in [0.15, 0.2) is 11.5 Å². The first kappa shape index (κ1) is 22.4. The monoisotopic (exact) mass is 470 g/mol. The Balaban J connectivity index is 1.28. The minimum absolute atomic E-state index is 0.0814. The number of amides is 1. The van der Waals surface area contributed by atoms with Crippen molar-refractivity contribution in [1.29, 1.82) is 0 Å². The second-order valence-corrected chi connectivity index (χ2v) is 8.27. The molecule has 0 radical (unpaired) electrons. The van der Waals surface area contributed by atoms with Crippen LogP contribution in [0.3, 0.4) is 0 Å². The van der Waals surface area contributed by atoms with Gasteiger partial charge >= 0.3 is 0 Å². The molecule has 1 amide bonds. The van der Waals surface area contributed by atoms with Crippen molar-refractivity contribution in [3.8, 4) is 17.4 Å². The second-order valence-electron chi connectivity index (χ2n) is 8.27. The van der Waals surface area contributed by atoms with Crippen LogP contribution in [0.5, 0.6) is 11.5 Å². The SMILES string of the molecule is Cc1cc(N(CC(=O)NCCc2ccc3c(c2)OCO3)Cc2ccccc2)nc(-n2ccnc2)n1. The van der Waals surface area contributed by atoms with Gasteiger partial charge in [-0.15, -0.1) is 0 Å². The van der Waals surface area contributed by atoms with Crippen LogP contribution in [0.25, 0.3) is 5.95 Å². The number of rotatable bonds is 9. The summed E-state index contributed by atoms with van der Waals surface area (Å²) in [6, 6.07) is 17.8. The molecule has 2 aromatic carbocycles. The fourth-order valence-corrected chi connectivity index (χ4v) is 3.89. The van der Waals surface area contributed by atoms with E-state index in [1.807, 2.05) is 66.4 Å². The first-order valence-electron chi connectivity index (χ1n) is 11.4. The molecule has 0 saturated heterocycles. The quantitative estimate of drug-likeness (QED) is 0.402. The lowest BCUT2D eigenvalue weighted by atomic mass is 10.1. The van der Waals surface area contributed by atoms with Crippen molar-refractivity contribution in [1.82, 2.24) is 24.8 Å². The van der Waals surface area contributed by atoms with Gasteiger partial charge in [-0.05, 0) is 36.6 Å². The highest BCUT2D eigenvalue weighted by Gasteiger charge is 2.17. The number of ether oxygens (including phenoxy) is 2. The van der Waals surface area contributed by atoms with E-state index in [9.17, 15) is 4.79 Å². The molecule has 0 aliphatic carbocycles. The average molecular weight is 471 g/mol. The molecule has 1 aliphatic rings. The molecule has 9 nitrogen and oxygen atoms in total. The molecule has 3 heterocycles. The molecule has 0 bridgehead atoms. The Hall–Kier alpha value is -4.40. The van der Waals surface area contributed by atoms with Crippen LogP contribution in [-0.2, 0) is 17.8 Å². The zero-order valence-electron chi connectivity index (χ0n) is 19.4. The van der Waals surface area contributed by atoms with E-state index in [1.54, 1.807) is 23.3 Å². The first-order valence-corrected chi connectivity index (χ1v) is 11.4. The lowest BCUT2D eigenvalue weighted by molar-refractivity contribution is -0.119. The number of aromatic nitrogens is 4. The van der Waals surface area contributed by atoms with Gasteiger partial charge in [-0.3, -0.25) is 9.36 Å². The molecule has 4 aromatic rings. The smallest absolute Gasteiger partial charge is 0.239 e. The molecule has 0 atom stereocenters. The van der Waals surface area contributed by atoms with Gasteiger partial charge in [0.1, 0.15) is 12.1 Å². The fraction of sp³-hybridized carbons (Fsp3) is 0.231. The van der Waals surface area contributed by atoms with E-state index < -0.39 is 0 Å². The zero-order chi connectivity index (χ0) is 24.0. The van der Waals surface area contributed by atoms with Gasteiger partial charge in [-0.1, -0.05) is 36.4 Å². The summed E-state index contributed by atoms with van der Waals surface area (Å²) in [6.07, 6.45) is 5.82. The molecule has 0 unspecified atom stereocenters. The summed E-state index contributed by atoms with van der Waals surface area (Å²) in [4.78, 5) is 28.2. The lowest BCUT2D eigenvalue weighted by Crippen LogP contribution is -2.38. The van der Waals surface area contributed by atoms with Gasteiger partial charge < -0.3 is 19.7 Å². The third-order valence-electron chi connectivity index (χ3n) is 5.61. The Bertz CT molecular complexity index is 1290. The van der Waals surface area contributed by atoms with Crippen molar-refractivity contribution in [2.24, 2.45) is 0 Å². The molecule has 1 aliphatic heterocycles. The number of nitrogens with one attached hydrogen (secondary N) is 1. The fourth-order valence-electron chi connectivity index (χ4n) is 3.89. The number of hydrogen-bond acceptors (Lipinski definition) is 7. The Kier molecular flexibility index (Phi) is 6.56. The highest BCUT2D eigenvalue weighted by atomic mass is 16.7. The van der Waals surface area contributed by atoms with Crippen LogP contribution in [-0.4, -0.2) is 45.3 Å². The van der Waals surface area contributed by atoms with Crippen LogP contribution in [0.4, 0.5) is 5.82 Å². The molecule has 0 fully saturated rings. The van der Waals surface area contributed by atoms with E-state index in [4.69, 9.17) is 14.5 Å². The molecule has 178 valence electrons. The van der Waals surface area contributed by atoms with Crippen molar-refractivity contribution >= 4 is 11.7 Å². The summed E-state index contributed by atoms with van der Waals surface area (Å²) in [6.45, 7) is 3.38. The number of carbonyl (C=O) groups is 1. The Morgan fingerprint density at radius 3 is 2.74 bits per heavy atom. The van der Waals surface area contributed by atoms with Gasteiger partial charge in [-0.25, -0.2) is 9.97 Å². The minimum Gasteiger partial charge on any atom is -0.454 e. The third-order valence-corrected chi connectivity index (χ3v) is 5.61. The highest BCUT2D eigenvalue weighted by molar-refractivity contribution is 5.81. The Labute approximate surface area is 203 Å². The topological polar surface area (TPSA) is 94.4 Å². The molecule has 1 N–H and O–H groups in total.